The largest absolute Gasteiger partial charge is 0.339 e. The van der Waals surface area contributed by atoms with Crippen LogP contribution in [0.1, 0.15) is 39.7 Å². The lowest BCUT2D eigenvalue weighted by Gasteiger charge is -2.31. The number of piperidine rings is 1. The number of hydrogen-bond acceptors (Lipinski definition) is 5. The number of aromatic nitrogens is 4. The van der Waals surface area contributed by atoms with Gasteiger partial charge in [0, 0.05) is 24.6 Å². The maximum atomic E-state index is 12.7. The van der Waals surface area contributed by atoms with Crippen molar-refractivity contribution in [2.45, 2.75) is 25.7 Å². The fourth-order valence-electron chi connectivity index (χ4n) is 3.05. The zero-order chi connectivity index (χ0) is 15.8. The van der Waals surface area contributed by atoms with Crippen molar-refractivity contribution in [3.05, 3.63) is 46.7 Å². The number of benzene rings is 1. The first-order valence-electron chi connectivity index (χ1n) is 7.74. The van der Waals surface area contributed by atoms with Crippen LogP contribution in [0.4, 0.5) is 0 Å². The number of carbonyl (C=O) groups is 1. The van der Waals surface area contributed by atoms with Gasteiger partial charge in [-0.25, -0.2) is 0 Å². The Kier molecular flexibility index (Phi) is 3.57. The van der Waals surface area contributed by atoms with Crippen molar-refractivity contribution in [3.63, 3.8) is 0 Å². The van der Waals surface area contributed by atoms with Crippen LogP contribution in [0.3, 0.4) is 0 Å². The Hall–Kier alpha value is -2.28. The molecule has 0 radical (unpaired) electrons. The van der Waals surface area contributed by atoms with E-state index in [2.05, 4.69) is 15.3 Å². The predicted molar refractivity (Wildman–Crippen MR) is 87.7 cm³/mol. The molecule has 118 valence electrons. The van der Waals surface area contributed by atoms with Crippen LogP contribution in [0.2, 0.25) is 0 Å². The average Bonchev–Trinajstić information content (AvgIpc) is 3.16. The highest BCUT2D eigenvalue weighted by Crippen LogP contribution is 2.31. The zero-order valence-electron chi connectivity index (χ0n) is 12.8. The van der Waals surface area contributed by atoms with E-state index in [9.17, 15) is 4.79 Å². The highest BCUT2D eigenvalue weighted by Gasteiger charge is 2.27. The summed E-state index contributed by atoms with van der Waals surface area (Å²) >= 11 is 1.59. The topological polar surface area (TPSA) is 63.4 Å². The van der Waals surface area contributed by atoms with E-state index in [1.807, 2.05) is 36.1 Å². The molecule has 3 aromatic rings. The molecule has 0 N–H and O–H groups in total. The Morgan fingerprint density at radius 2 is 2.04 bits per heavy atom. The molecule has 0 aliphatic carbocycles. The van der Waals surface area contributed by atoms with Gasteiger partial charge in [0.2, 0.25) is 4.96 Å². The summed E-state index contributed by atoms with van der Waals surface area (Å²) in [4.78, 5) is 15.4. The first-order valence-corrected chi connectivity index (χ1v) is 8.55. The van der Waals surface area contributed by atoms with E-state index < -0.39 is 0 Å². The molecule has 1 fully saturated rings. The van der Waals surface area contributed by atoms with Crippen molar-refractivity contribution in [1.82, 2.24) is 24.7 Å². The van der Waals surface area contributed by atoms with Gasteiger partial charge >= 0.3 is 0 Å². The molecule has 0 saturated carbocycles. The van der Waals surface area contributed by atoms with E-state index in [-0.39, 0.29) is 5.91 Å². The van der Waals surface area contributed by atoms with Crippen molar-refractivity contribution in [1.29, 1.82) is 0 Å². The van der Waals surface area contributed by atoms with Gasteiger partial charge in [-0.3, -0.25) is 4.79 Å². The van der Waals surface area contributed by atoms with Gasteiger partial charge in [0.05, 0.1) is 0 Å². The van der Waals surface area contributed by atoms with E-state index in [1.165, 1.54) is 0 Å². The monoisotopic (exact) mass is 327 g/mol. The van der Waals surface area contributed by atoms with Crippen LogP contribution in [-0.4, -0.2) is 43.7 Å². The molecule has 0 atom stereocenters. The summed E-state index contributed by atoms with van der Waals surface area (Å²) in [6, 6.07) is 7.78. The average molecular weight is 327 g/mol. The van der Waals surface area contributed by atoms with Crippen molar-refractivity contribution in [2.24, 2.45) is 0 Å². The number of fused-ring (bicyclic) bond motifs is 1. The SMILES string of the molecule is Cc1ccccc1C(=O)N1CCC(c2nn3cnnc3s2)CC1. The van der Waals surface area contributed by atoms with Crippen LogP contribution < -0.4 is 0 Å². The van der Waals surface area contributed by atoms with Gasteiger partial charge in [-0.1, -0.05) is 29.5 Å². The smallest absolute Gasteiger partial charge is 0.254 e. The Balaban J connectivity index is 1.45. The number of rotatable bonds is 2. The molecule has 7 heteroatoms. The number of carbonyl (C=O) groups excluding carboxylic acids is 1. The molecule has 2 aromatic heterocycles. The summed E-state index contributed by atoms with van der Waals surface area (Å²) < 4.78 is 1.73. The van der Waals surface area contributed by atoms with Crippen LogP contribution in [0.5, 0.6) is 0 Å². The lowest BCUT2D eigenvalue weighted by atomic mass is 9.96. The molecule has 6 nitrogen and oxygen atoms in total. The summed E-state index contributed by atoms with van der Waals surface area (Å²) in [6.45, 7) is 3.54. The summed E-state index contributed by atoms with van der Waals surface area (Å²) in [5.74, 6) is 0.544. The van der Waals surface area contributed by atoms with Crippen molar-refractivity contribution in [3.8, 4) is 0 Å². The Morgan fingerprint density at radius 3 is 2.78 bits per heavy atom. The van der Waals surface area contributed by atoms with Crippen LogP contribution in [0.15, 0.2) is 30.6 Å². The highest BCUT2D eigenvalue weighted by molar-refractivity contribution is 7.16. The van der Waals surface area contributed by atoms with Gasteiger partial charge < -0.3 is 4.90 Å². The summed E-state index contributed by atoms with van der Waals surface area (Å²) in [5.41, 5.74) is 1.85. The minimum absolute atomic E-state index is 0.139. The molecule has 1 aromatic carbocycles. The lowest BCUT2D eigenvalue weighted by molar-refractivity contribution is 0.0712. The minimum Gasteiger partial charge on any atom is -0.339 e. The second-order valence-electron chi connectivity index (χ2n) is 5.88. The molecule has 1 amide bonds. The molecule has 3 heterocycles. The zero-order valence-corrected chi connectivity index (χ0v) is 13.7. The van der Waals surface area contributed by atoms with E-state index in [1.54, 1.807) is 22.2 Å². The van der Waals surface area contributed by atoms with E-state index in [0.717, 1.165) is 47.0 Å². The second-order valence-corrected chi connectivity index (χ2v) is 6.87. The molecule has 0 spiro atoms. The van der Waals surface area contributed by atoms with Crippen molar-refractivity contribution >= 4 is 22.2 Å². The maximum absolute atomic E-state index is 12.7. The highest BCUT2D eigenvalue weighted by atomic mass is 32.1. The Labute approximate surface area is 137 Å². The molecule has 4 rings (SSSR count). The normalized spacial score (nSPS) is 16.1. The lowest BCUT2D eigenvalue weighted by Crippen LogP contribution is -2.38. The number of hydrogen-bond donors (Lipinski definition) is 0. The first kappa shape index (κ1) is 14.3. The number of amides is 1. The van der Waals surface area contributed by atoms with Gasteiger partial charge in [-0.05, 0) is 31.4 Å². The minimum atomic E-state index is 0.139. The third-order valence-electron chi connectivity index (χ3n) is 4.41. The first-order chi connectivity index (χ1) is 11.2. The number of likely N-dealkylation sites (tertiary alicyclic amines) is 1. The molecule has 0 bridgehead atoms. The second kappa shape index (κ2) is 5.73. The fraction of sp³-hybridized carbons (Fsp3) is 0.375. The molecule has 23 heavy (non-hydrogen) atoms. The van der Waals surface area contributed by atoms with Crippen LogP contribution in [0, 0.1) is 6.92 Å². The van der Waals surface area contributed by atoms with Gasteiger partial charge in [0.15, 0.2) is 0 Å². The summed E-state index contributed by atoms with van der Waals surface area (Å²) in [6.07, 6.45) is 3.52. The van der Waals surface area contributed by atoms with Gasteiger partial charge in [0.1, 0.15) is 11.3 Å². The van der Waals surface area contributed by atoms with Crippen LogP contribution >= 0.6 is 11.3 Å². The van der Waals surface area contributed by atoms with Crippen molar-refractivity contribution in [2.75, 3.05) is 13.1 Å². The van der Waals surface area contributed by atoms with Crippen LogP contribution in [-0.2, 0) is 0 Å². The number of nitrogens with zero attached hydrogens (tertiary/aromatic N) is 5. The Bertz CT molecular complexity index is 818. The summed E-state index contributed by atoms with van der Waals surface area (Å²) in [5, 5.41) is 13.5. The van der Waals surface area contributed by atoms with E-state index in [0.29, 0.717) is 5.92 Å². The molecular formula is C16H17N5OS. The maximum Gasteiger partial charge on any atom is 0.254 e. The third kappa shape index (κ3) is 2.61. The fourth-order valence-corrected chi connectivity index (χ4v) is 4.04. The standard InChI is InChI=1S/C16H17N5OS/c1-11-4-2-3-5-13(11)15(22)20-8-6-12(7-9-20)14-19-21-10-17-18-16(21)23-14/h2-5,10,12H,6-9H2,1H3. The summed E-state index contributed by atoms with van der Waals surface area (Å²) in [7, 11) is 0. The molecule has 1 aliphatic heterocycles. The molecule has 1 saturated heterocycles. The number of aryl methyl sites for hydroxylation is 1. The Morgan fingerprint density at radius 1 is 1.26 bits per heavy atom. The van der Waals surface area contributed by atoms with Crippen LogP contribution in [0.25, 0.3) is 4.96 Å². The van der Waals surface area contributed by atoms with Gasteiger partial charge in [-0.2, -0.15) is 9.61 Å². The quantitative estimate of drug-likeness (QED) is 0.725. The van der Waals surface area contributed by atoms with E-state index in [4.69, 9.17) is 0 Å². The van der Waals surface area contributed by atoms with Gasteiger partial charge in [-0.15, -0.1) is 10.2 Å². The van der Waals surface area contributed by atoms with Gasteiger partial charge in [0.25, 0.3) is 5.91 Å². The van der Waals surface area contributed by atoms with Crippen molar-refractivity contribution < 1.29 is 4.79 Å². The van der Waals surface area contributed by atoms with E-state index >= 15 is 0 Å². The molecular weight excluding hydrogens is 310 g/mol. The predicted octanol–water partition coefficient (Wildman–Crippen LogP) is 2.51. The third-order valence-corrected chi connectivity index (χ3v) is 5.48. The molecule has 1 aliphatic rings. The molecule has 0 unspecified atom stereocenters.